The van der Waals surface area contributed by atoms with E-state index in [0.717, 1.165) is 12.0 Å². The maximum absolute atomic E-state index is 12.1. The van der Waals surface area contributed by atoms with E-state index in [2.05, 4.69) is 4.72 Å². The molecule has 0 aromatic heterocycles. The molecule has 1 aromatic rings. The van der Waals surface area contributed by atoms with Crippen molar-refractivity contribution in [2.75, 3.05) is 12.3 Å². The van der Waals surface area contributed by atoms with Gasteiger partial charge in [0.05, 0.1) is 5.75 Å². The molecule has 0 spiro atoms. The first-order valence-electron chi connectivity index (χ1n) is 6.66. The maximum atomic E-state index is 12.1. The van der Waals surface area contributed by atoms with Crippen molar-refractivity contribution in [2.45, 2.75) is 38.6 Å². The molecule has 0 aliphatic rings. The van der Waals surface area contributed by atoms with Gasteiger partial charge in [-0.2, -0.15) is 0 Å². The predicted octanol–water partition coefficient (Wildman–Crippen LogP) is 1.67. The normalized spacial score (nSPS) is 15.1. The van der Waals surface area contributed by atoms with Crippen molar-refractivity contribution in [1.29, 1.82) is 0 Å². The zero-order chi connectivity index (χ0) is 14.4. The van der Waals surface area contributed by atoms with E-state index in [9.17, 15) is 8.42 Å². The monoisotopic (exact) mass is 284 g/mol. The molecule has 0 aliphatic heterocycles. The average molecular weight is 284 g/mol. The van der Waals surface area contributed by atoms with E-state index in [1.165, 1.54) is 0 Å². The van der Waals surface area contributed by atoms with Crippen molar-refractivity contribution in [1.82, 2.24) is 4.72 Å². The van der Waals surface area contributed by atoms with Gasteiger partial charge in [-0.15, -0.1) is 0 Å². The number of rotatable bonds is 8. The fourth-order valence-electron chi connectivity index (χ4n) is 1.94. The van der Waals surface area contributed by atoms with Crippen LogP contribution in [0.1, 0.15) is 32.3 Å². The molecule has 1 rings (SSSR count). The fraction of sp³-hybridized carbons (Fsp3) is 0.571. The molecule has 3 N–H and O–H groups in total. The zero-order valence-corrected chi connectivity index (χ0v) is 12.5. The molecule has 0 amide bonds. The van der Waals surface area contributed by atoms with E-state index in [-0.39, 0.29) is 5.75 Å². The van der Waals surface area contributed by atoms with Crippen molar-refractivity contribution < 1.29 is 8.42 Å². The van der Waals surface area contributed by atoms with Gasteiger partial charge in [0.25, 0.3) is 0 Å². The Morgan fingerprint density at radius 1 is 1.26 bits per heavy atom. The highest BCUT2D eigenvalue weighted by Gasteiger charge is 2.26. The lowest BCUT2D eigenvalue weighted by atomic mass is 9.96. The number of hydrogen-bond acceptors (Lipinski definition) is 3. The number of nitrogens with one attached hydrogen (secondary N) is 1. The Morgan fingerprint density at radius 2 is 1.89 bits per heavy atom. The summed E-state index contributed by atoms with van der Waals surface area (Å²) in [6.07, 6.45) is 1.90. The fourth-order valence-corrected chi connectivity index (χ4v) is 3.55. The van der Waals surface area contributed by atoms with Crippen LogP contribution in [0.4, 0.5) is 0 Å². The van der Waals surface area contributed by atoms with Crippen LogP contribution in [-0.4, -0.2) is 26.3 Å². The van der Waals surface area contributed by atoms with E-state index < -0.39 is 15.6 Å². The number of sulfonamides is 1. The van der Waals surface area contributed by atoms with Crippen LogP contribution in [0.3, 0.4) is 0 Å². The summed E-state index contributed by atoms with van der Waals surface area (Å²) in [4.78, 5) is 0. The van der Waals surface area contributed by atoms with E-state index in [1.54, 1.807) is 0 Å². The molecule has 0 bridgehead atoms. The Labute approximate surface area is 116 Å². The lowest BCUT2D eigenvalue weighted by molar-refractivity contribution is 0.379. The van der Waals surface area contributed by atoms with Gasteiger partial charge in [-0.25, -0.2) is 13.1 Å². The van der Waals surface area contributed by atoms with Gasteiger partial charge in [-0.05, 0) is 38.3 Å². The summed E-state index contributed by atoms with van der Waals surface area (Å²) in [5.74, 6) is 0.108. The number of hydrogen-bond donors (Lipinski definition) is 2. The van der Waals surface area contributed by atoms with Crippen LogP contribution in [0.5, 0.6) is 0 Å². The highest BCUT2D eigenvalue weighted by molar-refractivity contribution is 7.89. The second-order valence-electron chi connectivity index (χ2n) is 5.11. The van der Waals surface area contributed by atoms with Crippen molar-refractivity contribution in [3.63, 3.8) is 0 Å². The summed E-state index contributed by atoms with van der Waals surface area (Å²) in [7, 11) is -3.28. The van der Waals surface area contributed by atoms with Gasteiger partial charge in [0.15, 0.2) is 0 Å². The van der Waals surface area contributed by atoms with Crippen LogP contribution < -0.4 is 10.5 Å². The zero-order valence-electron chi connectivity index (χ0n) is 11.7. The average Bonchev–Trinajstić information content (AvgIpc) is 2.37. The van der Waals surface area contributed by atoms with Gasteiger partial charge < -0.3 is 5.73 Å². The minimum Gasteiger partial charge on any atom is -0.330 e. The Bertz CT molecular complexity index is 473. The smallest absolute Gasteiger partial charge is 0.212 e. The topological polar surface area (TPSA) is 72.2 Å². The number of nitrogens with two attached hydrogens (primary N) is 1. The Morgan fingerprint density at radius 3 is 2.42 bits per heavy atom. The Kier molecular flexibility index (Phi) is 5.97. The van der Waals surface area contributed by atoms with Gasteiger partial charge in [0.2, 0.25) is 10.0 Å². The van der Waals surface area contributed by atoms with Crippen LogP contribution in [-0.2, 0) is 16.4 Å². The molecule has 0 heterocycles. The van der Waals surface area contributed by atoms with Gasteiger partial charge in [-0.3, -0.25) is 0 Å². The highest BCUT2D eigenvalue weighted by atomic mass is 32.2. The van der Waals surface area contributed by atoms with Crippen molar-refractivity contribution in [3.05, 3.63) is 35.9 Å². The molecule has 1 unspecified atom stereocenters. The van der Waals surface area contributed by atoms with Crippen LogP contribution in [0.2, 0.25) is 0 Å². The molecule has 1 aromatic carbocycles. The Hall–Kier alpha value is -0.910. The van der Waals surface area contributed by atoms with Gasteiger partial charge in [-0.1, -0.05) is 37.3 Å². The van der Waals surface area contributed by atoms with Crippen molar-refractivity contribution in [2.24, 2.45) is 5.73 Å². The molecule has 0 saturated carbocycles. The number of aryl methyl sites for hydroxylation is 1. The summed E-state index contributed by atoms with van der Waals surface area (Å²) < 4.78 is 27.0. The standard InChI is InChI=1S/C14H24N2O2S/c1-3-14(2,10-11-15)16-19(17,18)12-9-13-7-5-4-6-8-13/h4-8,16H,3,9-12,15H2,1-2H3. The SMILES string of the molecule is CCC(C)(CCN)NS(=O)(=O)CCc1ccccc1. The molecule has 0 radical (unpaired) electrons. The van der Waals surface area contributed by atoms with Crippen LogP contribution in [0, 0.1) is 0 Å². The van der Waals surface area contributed by atoms with Crippen LogP contribution in [0.25, 0.3) is 0 Å². The third-order valence-electron chi connectivity index (χ3n) is 3.38. The summed E-state index contributed by atoms with van der Waals surface area (Å²) in [6, 6.07) is 9.63. The first-order chi connectivity index (χ1) is 8.91. The first kappa shape index (κ1) is 16.1. The van der Waals surface area contributed by atoms with E-state index >= 15 is 0 Å². The molecule has 1 atom stereocenters. The first-order valence-corrected chi connectivity index (χ1v) is 8.32. The quantitative estimate of drug-likeness (QED) is 0.762. The largest absolute Gasteiger partial charge is 0.330 e. The second kappa shape index (κ2) is 7.03. The minimum absolute atomic E-state index is 0.108. The summed E-state index contributed by atoms with van der Waals surface area (Å²) in [5, 5.41) is 0. The lowest BCUT2D eigenvalue weighted by Crippen LogP contribution is -2.47. The summed E-state index contributed by atoms with van der Waals surface area (Å²) in [5.41, 5.74) is 6.13. The molecule has 19 heavy (non-hydrogen) atoms. The van der Waals surface area contributed by atoms with Crippen LogP contribution in [0.15, 0.2) is 30.3 Å². The maximum Gasteiger partial charge on any atom is 0.212 e. The van der Waals surface area contributed by atoms with E-state index in [0.29, 0.717) is 19.4 Å². The third kappa shape index (κ3) is 5.72. The van der Waals surface area contributed by atoms with Gasteiger partial charge in [0.1, 0.15) is 0 Å². The molecule has 5 heteroatoms. The van der Waals surface area contributed by atoms with Gasteiger partial charge >= 0.3 is 0 Å². The summed E-state index contributed by atoms with van der Waals surface area (Å²) >= 11 is 0. The molecule has 0 fully saturated rings. The minimum atomic E-state index is -3.28. The van der Waals surface area contributed by atoms with Crippen molar-refractivity contribution >= 4 is 10.0 Å². The second-order valence-corrected chi connectivity index (χ2v) is 6.95. The predicted molar refractivity (Wildman–Crippen MR) is 79.4 cm³/mol. The molecule has 4 nitrogen and oxygen atoms in total. The van der Waals surface area contributed by atoms with E-state index in [1.807, 2.05) is 44.2 Å². The molecular weight excluding hydrogens is 260 g/mol. The van der Waals surface area contributed by atoms with Crippen molar-refractivity contribution in [3.8, 4) is 0 Å². The lowest BCUT2D eigenvalue weighted by Gasteiger charge is -2.28. The van der Waals surface area contributed by atoms with Gasteiger partial charge in [0, 0.05) is 5.54 Å². The number of benzene rings is 1. The third-order valence-corrected chi connectivity index (χ3v) is 4.93. The molecule has 0 aliphatic carbocycles. The molecule has 0 saturated heterocycles. The van der Waals surface area contributed by atoms with E-state index in [4.69, 9.17) is 5.73 Å². The highest BCUT2D eigenvalue weighted by Crippen LogP contribution is 2.15. The van der Waals surface area contributed by atoms with Crippen LogP contribution >= 0.6 is 0 Å². The molecular formula is C14H24N2O2S. The summed E-state index contributed by atoms with van der Waals surface area (Å²) in [6.45, 7) is 4.35. The molecule has 108 valence electrons. The Balaban J connectivity index is 2.61.